The summed E-state index contributed by atoms with van der Waals surface area (Å²) in [5, 5.41) is 2.65. The van der Waals surface area contributed by atoms with E-state index in [1.165, 1.54) is 13.2 Å². The van der Waals surface area contributed by atoms with Gasteiger partial charge in [0.25, 0.3) is 5.92 Å². The molecule has 0 radical (unpaired) electrons. The molecule has 0 unspecified atom stereocenters. The highest BCUT2D eigenvalue weighted by atomic mass is 19.3. The molecule has 2 saturated heterocycles. The Balaban J connectivity index is 1.02. The molecule has 4 heterocycles. The lowest BCUT2D eigenvalue weighted by Crippen LogP contribution is -2.51. The van der Waals surface area contributed by atoms with Crippen LogP contribution in [0.1, 0.15) is 95.2 Å². The number of benzene rings is 3. The first-order valence-electron chi connectivity index (χ1n) is 19.5. The monoisotopic (exact) mass is 779 g/mol. The molecule has 3 aromatic carbocycles. The number of halogens is 2. The van der Waals surface area contributed by atoms with Gasteiger partial charge >= 0.3 is 12.2 Å². The normalized spacial score (nSPS) is 19.2. The molecule has 3 amide bonds. The van der Waals surface area contributed by atoms with Crippen molar-refractivity contribution in [3.8, 4) is 33.5 Å². The Morgan fingerprint density at radius 3 is 2.14 bits per heavy atom. The van der Waals surface area contributed by atoms with Crippen LogP contribution in [-0.2, 0) is 20.2 Å². The van der Waals surface area contributed by atoms with Crippen molar-refractivity contribution >= 4 is 29.1 Å². The number of amides is 3. The Hall–Kier alpha value is -5.79. The predicted molar refractivity (Wildman–Crippen MR) is 210 cm³/mol. The van der Waals surface area contributed by atoms with Crippen molar-refractivity contribution in [1.82, 2.24) is 35.1 Å². The van der Waals surface area contributed by atoms with Gasteiger partial charge in [-0.25, -0.2) is 19.6 Å². The quantitative estimate of drug-likeness (QED) is 0.150. The third-order valence-corrected chi connectivity index (χ3v) is 11.2. The minimum atomic E-state index is -3.26. The average molecular weight is 780 g/mol. The van der Waals surface area contributed by atoms with Gasteiger partial charge in [-0.3, -0.25) is 9.69 Å². The van der Waals surface area contributed by atoms with Crippen molar-refractivity contribution in [1.29, 1.82) is 0 Å². The molecule has 0 spiro atoms. The Morgan fingerprint density at radius 1 is 0.860 bits per heavy atom. The number of hydrogen-bond acceptors (Lipinski definition) is 7. The lowest BCUT2D eigenvalue weighted by molar-refractivity contribution is -0.135. The van der Waals surface area contributed by atoms with E-state index in [9.17, 15) is 14.4 Å². The van der Waals surface area contributed by atoms with Crippen molar-refractivity contribution in [2.45, 2.75) is 90.0 Å². The highest BCUT2D eigenvalue weighted by molar-refractivity contribution is 5.88. The number of alkyl carbamates (subject to hydrolysis) is 1. The molecule has 0 saturated carbocycles. The summed E-state index contributed by atoms with van der Waals surface area (Å²) in [6, 6.07) is 14.5. The van der Waals surface area contributed by atoms with Crippen molar-refractivity contribution in [3.63, 3.8) is 0 Å². The maximum absolute atomic E-state index is 16.4. The average Bonchev–Trinajstić information content (AvgIpc) is 4.02. The van der Waals surface area contributed by atoms with Gasteiger partial charge < -0.3 is 29.7 Å². The zero-order valence-electron chi connectivity index (χ0n) is 32.9. The van der Waals surface area contributed by atoms with E-state index < -0.39 is 23.7 Å². The van der Waals surface area contributed by atoms with Crippen LogP contribution in [0.3, 0.4) is 0 Å². The molecule has 3 atom stereocenters. The van der Waals surface area contributed by atoms with Crippen LogP contribution in [0.2, 0.25) is 0 Å². The summed E-state index contributed by atoms with van der Waals surface area (Å²) in [6.07, 6.45) is 3.58. The van der Waals surface area contributed by atoms with E-state index in [2.05, 4.69) is 20.3 Å². The fraction of sp³-hybridized carbons (Fsp3) is 0.419. The predicted octanol–water partition coefficient (Wildman–Crippen LogP) is 8.86. The van der Waals surface area contributed by atoms with Gasteiger partial charge in [-0.2, -0.15) is 8.78 Å². The molecule has 2 aromatic heterocycles. The van der Waals surface area contributed by atoms with Crippen molar-refractivity contribution < 1.29 is 32.6 Å². The molecule has 3 N–H and O–H groups in total. The summed E-state index contributed by atoms with van der Waals surface area (Å²) >= 11 is 0. The van der Waals surface area contributed by atoms with Crippen LogP contribution in [0.25, 0.3) is 44.5 Å². The molecule has 2 aliphatic heterocycles. The molecular weight excluding hydrogens is 733 g/mol. The third-order valence-electron chi connectivity index (χ3n) is 11.2. The molecule has 298 valence electrons. The van der Waals surface area contributed by atoms with Gasteiger partial charge in [-0.15, -0.1) is 0 Å². The van der Waals surface area contributed by atoms with Crippen molar-refractivity contribution in [2.75, 3.05) is 20.2 Å². The highest BCUT2D eigenvalue weighted by Crippen LogP contribution is 2.53. The number of hydrogen-bond donors (Lipinski definition) is 3. The van der Waals surface area contributed by atoms with Crippen LogP contribution in [0, 0.1) is 5.92 Å². The standard InChI is InChI=1S/C43H47F2N7O5/c1-23(2)36(50-40(54)56-6)39(53)51-17-7-9-34(51)37-46-22-33(49-37)26-12-15-28-27-14-11-24(19-29(27)43(44,45)30(28)20-26)25-13-16-31-32(21-25)48-38(47-31)35-10-8-18-52(35)41(55)57-42(3,4)5/h11-16,19-23,34-36H,7-10,17-18H2,1-6H3,(H,46,49)(H,47,48)(H,50,54)/t34-,35-,36-/m0/s1. The molecule has 8 rings (SSSR count). The lowest BCUT2D eigenvalue weighted by Gasteiger charge is -2.30. The fourth-order valence-electron chi connectivity index (χ4n) is 8.37. The smallest absolute Gasteiger partial charge is 0.410 e. The summed E-state index contributed by atoms with van der Waals surface area (Å²) in [5.74, 6) is -2.43. The van der Waals surface area contributed by atoms with Crippen LogP contribution < -0.4 is 5.32 Å². The molecule has 14 heteroatoms. The second-order valence-corrected chi connectivity index (χ2v) is 16.5. The maximum Gasteiger partial charge on any atom is 0.410 e. The molecule has 0 bridgehead atoms. The largest absolute Gasteiger partial charge is 0.453 e. The number of rotatable bonds is 7. The van der Waals surface area contributed by atoms with E-state index in [1.54, 1.807) is 40.3 Å². The number of methoxy groups -OCH3 is 1. The number of imidazole rings is 2. The van der Waals surface area contributed by atoms with Crippen molar-refractivity contribution in [2.24, 2.45) is 5.92 Å². The second kappa shape index (κ2) is 14.3. The summed E-state index contributed by atoms with van der Waals surface area (Å²) < 4.78 is 43.3. The van der Waals surface area contributed by atoms with Gasteiger partial charge in [0.2, 0.25) is 5.91 Å². The molecule has 3 aliphatic rings. The second-order valence-electron chi connectivity index (χ2n) is 16.5. The van der Waals surface area contributed by atoms with E-state index in [0.717, 1.165) is 35.9 Å². The highest BCUT2D eigenvalue weighted by Gasteiger charge is 2.45. The molecule has 57 heavy (non-hydrogen) atoms. The minimum absolute atomic E-state index is 0.0674. The number of alkyl halides is 2. The number of aromatic nitrogens is 4. The molecule has 2 fully saturated rings. The van der Waals surface area contributed by atoms with E-state index in [4.69, 9.17) is 14.5 Å². The molecule has 12 nitrogen and oxygen atoms in total. The first-order chi connectivity index (χ1) is 27.1. The van der Waals surface area contributed by atoms with Crippen LogP contribution in [0.4, 0.5) is 18.4 Å². The summed E-state index contributed by atoms with van der Waals surface area (Å²) in [6.45, 7) is 10.3. The Bertz CT molecular complexity index is 2380. The summed E-state index contributed by atoms with van der Waals surface area (Å²) in [7, 11) is 1.25. The van der Waals surface area contributed by atoms with Crippen LogP contribution in [-0.4, -0.2) is 79.7 Å². The Labute approximate surface area is 329 Å². The van der Waals surface area contributed by atoms with Gasteiger partial charge in [-0.05, 0) is 98.9 Å². The van der Waals surface area contributed by atoms with Gasteiger partial charge in [0.05, 0.1) is 42.1 Å². The summed E-state index contributed by atoms with van der Waals surface area (Å²) in [4.78, 5) is 58.0. The van der Waals surface area contributed by atoms with Crippen LogP contribution in [0.15, 0.2) is 60.8 Å². The summed E-state index contributed by atoms with van der Waals surface area (Å²) in [5.41, 5.74) is 4.17. The SMILES string of the molecule is COC(=O)N[C@H](C(=O)N1CCC[C@H]1c1ncc(-c2ccc3c(c2)C(F)(F)c2cc(-c4ccc5nc([C@@H]6CCCN6C(=O)OC(C)(C)C)[nH]c5c4)ccc2-3)[nH]1)C(C)C. The van der Waals surface area contributed by atoms with Gasteiger partial charge in [0, 0.05) is 29.8 Å². The van der Waals surface area contributed by atoms with Crippen LogP contribution in [0.5, 0.6) is 0 Å². The first kappa shape index (κ1) is 38.1. The number of H-pyrrole nitrogens is 2. The zero-order valence-corrected chi connectivity index (χ0v) is 32.9. The van der Waals surface area contributed by atoms with E-state index >= 15 is 8.78 Å². The minimum Gasteiger partial charge on any atom is -0.453 e. The van der Waals surface area contributed by atoms with E-state index in [-0.39, 0.29) is 41.1 Å². The molecule has 5 aromatic rings. The van der Waals surface area contributed by atoms with Crippen molar-refractivity contribution in [3.05, 3.63) is 83.6 Å². The lowest BCUT2D eigenvalue weighted by atomic mass is 9.98. The van der Waals surface area contributed by atoms with E-state index in [1.807, 2.05) is 58.9 Å². The van der Waals surface area contributed by atoms with E-state index in [0.29, 0.717) is 59.1 Å². The van der Waals surface area contributed by atoms with Gasteiger partial charge in [-0.1, -0.05) is 44.2 Å². The molecule has 1 aliphatic carbocycles. The number of ether oxygens (including phenoxy) is 2. The molecular formula is C43H47F2N7O5. The number of likely N-dealkylation sites (tertiary alicyclic amines) is 2. The number of fused-ring (bicyclic) bond motifs is 4. The van der Waals surface area contributed by atoms with Crippen LogP contribution >= 0.6 is 0 Å². The zero-order chi connectivity index (χ0) is 40.4. The number of carbonyl (C=O) groups is 3. The van der Waals surface area contributed by atoms with Gasteiger partial charge in [0.15, 0.2) is 0 Å². The van der Waals surface area contributed by atoms with Gasteiger partial charge in [0.1, 0.15) is 23.3 Å². The number of nitrogens with zero attached hydrogens (tertiary/aromatic N) is 4. The fourth-order valence-corrected chi connectivity index (χ4v) is 8.37. The first-order valence-corrected chi connectivity index (χ1v) is 19.5. The number of nitrogens with one attached hydrogen (secondary N) is 3. The Kier molecular flexibility index (Phi) is 9.56. The Morgan fingerprint density at radius 2 is 1.47 bits per heavy atom. The maximum atomic E-state index is 16.4. The number of carbonyl (C=O) groups excluding carboxylic acids is 3. The third kappa shape index (κ3) is 6.99. The topological polar surface area (TPSA) is 146 Å². The number of aromatic amines is 2.